The maximum atomic E-state index is 11.9. The second-order valence-electron chi connectivity index (χ2n) is 9.48. The van der Waals surface area contributed by atoms with Crippen LogP contribution in [0.15, 0.2) is 67.0 Å². The Bertz CT molecular complexity index is 1350. The molecule has 0 spiro atoms. The number of aromatic nitrogens is 4. The lowest BCUT2D eigenvalue weighted by atomic mass is 9.96. The average Bonchev–Trinajstić information content (AvgIpc) is 3.30. The lowest BCUT2D eigenvalue weighted by molar-refractivity contribution is -0.116. The Morgan fingerprint density at radius 3 is 2.54 bits per heavy atom. The second kappa shape index (κ2) is 10.2. The predicted molar refractivity (Wildman–Crippen MR) is 134 cm³/mol. The van der Waals surface area contributed by atoms with Crippen LogP contribution in [0, 0.1) is 0 Å². The zero-order chi connectivity index (χ0) is 25.2. The molecule has 2 N–H and O–H groups in total. The molecule has 192 valence electrons. The van der Waals surface area contributed by atoms with Crippen LogP contribution in [-0.4, -0.2) is 55.9 Å². The molecule has 2 aliphatic rings. The van der Waals surface area contributed by atoms with Crippen molar-refractivity contribution in [2.75, 3.05) is 18.7 Å². The highest BCUT2D eigenvalue weighted by atomic mass is 16.6. The normalized spacial score (nSPS) is 25.2. The molecule has 0 amide bonds. The summed E-state index contributed by atoms with van der Waals surface area (Å²) in [6.45, 7) is 3.14. The molecule has 0 aliphatic carbocycles. The van der Waals surface area contributed by atoms with Gasteiger partial charge in [-0.15, -0.1) is 0 Å². The summed E-state index contributed by atoms with van der Waals surface area (Å²) >= 11 is 0. The van der Waals surface area contributed by atoms with E-state index in [2.05, 4.69) is 15.4 Å². The zero-order valence-electron chi connectivity index (χ0n) is 20.5. The SMILES string of the molecule is C[C@]1(O)C(n2nc3c4c(ncnc42)NOCC3)O[C@H](COCc2ccccc2)[C@H]1OCc1ccccc1. The molecule has 0 bridgehead atoms. The van der Waals surface area contributed by atoms with Crippen LogP contribution >= 0.6 is 0 Å². The van der Waals surface area contributed by atoms with Crippen LogP contribution in [0.1, 0.15) is 30.0 Å². The molecule has 2 aromatic heterocycles. The van der Waals surface area contributed by atoms with Crippen molar-refractivity contribution in [1.29, 1.82) is 0 Å². The first-order chi connectivity index (χ1) is 18.1. The fourth-order valence-corrected chi connectivity index (χ4v) is 4.95. The van der Waals surface area contributed by atoms with Gasteiger partial charge in [-0.1, -0.05) is 60.7 Å². The second-order valence-corrected chi connectivity index (χ2v) is 9.48. The Morgan fingerprint density at radius 1 is 1.05 bits per heavy atom. The van der Waals surface area contributed by atoms with E-state index < -0.39 is 24.0 Å². The molecule has 2 aliphatic heterocycles. The van der Waals surface area contributed by atoms with E-state index in [1.165, 1.54) is 6.33 Å². The Hall–Kier alpha value is -3.41. The van der Waals surface area contributed by atoms with Crippen LogP contribution in [-0.2, 0) is 38.7 Å². The molecule has 1 saturated heterocycles. The number of rotatable bonds is 8. The van der Waals surface area contributed by atoms with Crippen LogP contribution in [0.2, 0.25) is 0 Å². The van der Waals surface area contributed by atoms with Gasteiger partial charge in [0.05, 0.1) is 37.5 Å². The van der Waals surface area contributed by atoms with E-state index in [0.717, 1.165) is 22.2 Å². The predicted octanol–water partition coefficient (Wildman–Crippen LogP) is 3.18. The van der Waals surface area contributed by atoms with Gasteiger partial charge in [0, 0.05) is 6.42 Å². The van der Waals surface area contributed by atoms with Crippen LogP contribution in [0.3, 0.4) is 0 Å². The molecule has 6 rings (SSSR count). The number of hydrogen-bond donors (Lipinski definition) is 2. The molecule has 1 fully saturated rings. The van der Waals surface area contributed by atoms with Crippen molar-refractivity contribution in [3.05, 3.63) is 83.8 Å². The van der Waals surface area contributed by atoms with Crippen molar-refractivity contribution >= 4 is 16.9 Å². The first-order valence-corrected chi connectivity index (χ1v) is 12.4. The third kappa shape index (κ3) is 4.70. The fourth-order valence-electron chi connectivity index (χ4n) is 4.95. The van der Waals surface area contributed by atoms with Crippen molar-refractivity contribution in [3.63, 3.8) is 0 Å². The molecule has 0 radical (unpaired) electrons. The number of nitrogens with one attached hydrogen (secondary N) is 1. The molecule has 4 heterocycles. The van der Waals surface area contributed by atoms with Gasteiger partial charge in [-0.25, -0.2) is 20.1 Å². The molecule has 1 unspecified atom stereocenters. The first kappa shape index (κ1) is 24.0. The highest BCUT2D eigenvalue weighted by molar-refractivity contribution is 5.89. The Labute approximate surface area is 214 Å². The van der Waals surface area contributed by atoms with Gasteiger partial charge in [-0.2, -0.15) is 5.10 Å². The lowest BCUT2D eigenvalue weighted by Crippen LogP contribution is -2.46. The zero-order valence-corrected chi connectivity index (χ0v) is 20.5. The molecule has 4 aromatic rings. The highest BCUT2D eigenvalue weighted by Gasteiger charge is 2.55. The van der Waals surface area contributed by atoms with Crippen molar-refractivity contribution in [3.8, 4) is 0 Å². The topological polar surface area (TPSA) is 113 Å². The summed E-state index contributed by atoms with van der Waals surface area (Å²) in [6, 6.07) is 19.8. The minimum absolute atomic E-state index is 0.239. The van der Waals surface area contributed by atoms with Gasteiger partial charge in [-0.3, -0.25) is 4.84 Å². The van der Waals surface area contributed by atoms with Crippen molar-refractivity contribution < 1.29 is 24.2 Å². The van der Waals surface area contributed by atoms with Crippen LogP contribution < -0.4 is 5.48 Å². The third-order valence-electron chi connectivity index (χ3n) is 6.78. The maximum absolute atomic E-state index is 11.9. The van der Waals surface area contributed by atoms with Gasteiger partial charge >= 0.3 is 0 Å². The average molecular weight is 504 g/mol. The number of hydrogen-bond acceptors (Lipinski definition) is 9. The molecule has 10 heteroatoms. The molecular formula is C27H29N5O5. The van der Waals surface area contributed by atoms with Gasteiger partial charge in [0.15, 0.2) is 17.7 Å². The standard InChI is InChI=1S/C27H29N5O5/c1-27(33)23(35-15-19-10-6-3-7-11-19)21(16-34-14-18-8-4-2-5-9-18)37-26(27)32-25-22-20(30-32)12-13-36-31-24(22)28-17-29-25/h2-11,17,21,23,26,33H,12-16H2,1H3,(H,28,29,31)/t21-,23-,26?,27-/m1/s1. The molecule has 4 atom stereocenters. The van der Waals surface area contributed by atoms with Crippen molar-refractivity contribution in [2.24, 2.45) is 0 Å². The Balaban J connectivity index is 1.29. The van der Waals surface area contributed by atoms with Gasteiger partial charge in [0.25, 0.3) is 0 Å². The third-order valence-corrected chi connectivity index (χ3v) is 6.78. The van der Waals surface area contributed by atoms with E-state index in [1.807, 2.05) is 60.7 Å². The van der Waals surface area contributed by atoms with Gasteiger partial charge < -0.3 is 19.3 Å². The molecule has 10 nitrogen and oxygen atoms in total. The summed E-state index contributed by atoms with van der Waals surface area (Å²) in [5.74, 6) is 0.543. The summed E-state index contributed by atoms with van der Waals surface area (Å²) in [6.07, 6.45) is -0.0476. The number of nitrogens with zero attached hydrogens (tertiary/aromatic N) is 4. The van der Waals surface area contributed by atoms with Crippen molar-refractivity contribution in [2.45, 2.75) is 50.6 Å². The number of benzene rings is 2. The minimum atomic E-state index is -1.43. The molecule has 37 heavy (non-hydrogen) atoms. The summed E-state index contributed by atoms with van der Waals surface area (Å²) in [5.41, 5.74) is 4.83. The summed E-state index contributed by atoms with van der Waals surface area (Å²) < 4.78 is 20.4. The van der Waals surface area contributed by atoms with Crippen LogP contribution in [0.4, 0.5) is 5.82 Å². The van der Waals surface area contributed by atoms with E-state index >= 15 is 0 Å². The van der Waals surface area contributed by atoms with Crippen LogP contribution in [0.25, 0.3) is 11.0 Å². The van der Waals surface area contributed by atoms with E-state index in [9.17, 15) is 5.11 Å². The largest absolute Gasteiger partial charge is 0.383 e. The highest BCUT2D eigenvalue weighted by Crippen LogP contribution is 2.42. The smallest absolute Gasteiger partial charge is 0.183 e. The van der Waals surface area contributed by atoms with Gasteiger partial charge in [0.1, 0.15) is 24.1 Å². The number of ether oxygens (including phenoxy) is 3. The Morgan fingerprint density at radius 2 is 1.78 bits per heavy atom. The molecule has 0 saturated carbocycles. The summed E-state index contributed by atoms with van der Waals surface area (Å²) in [7, 11) is 0. The molecule has 2 aromatic carbocycles. The van der Waals surface area contributed by atoms with E-state index in [1.54, 1.807) is 11.6 Å². The van der Waals surface area contributed by atoms with E-state index in [0.29, 0.717) is 37.7 Å². The summed E-state index contributed by atoms with van der Waals surface area (Å²) in [5, 5.41) is 17.4. The maximum Gasteiger partial charge on any atom is 0.183 e. The summed E-state index contributed by atoms with van der Waals surface area (Å²) in [4.78, 5) is 14.2. The van der Waals surface area contributed by atoms with Gasteiger partial charge in [0.2, 0.25) is 0 Å². The van der Waals surface area contributed by atoms with Gasteiger partial charge in [-0.05, 0) is 18.1 Å². The van der Waals surface area contributed by atoms with E-state index in [4.69, 9.17) is 24.1 Å². The number of anilines is 1. The quantitative estimate of drug-likeness (QED) is 0.374. The minimum Gasteiger partial charge on any atom is -0.383 e. The number of aliphatic hydroxyl groups is 1. The van der Waals surface area contributed by atoms with Crippen molar-refractivity contribution in [1.82, 2.24) is 19.7 Å². The molecular weight excluding hydrogens is 474 g/mol. The fraction of sp³-hybridized carbons (Fsp3) is 0.370. The van der Waals surface area contributed by atoms with Crippen LogP contribution in [0.5, 0.6) is 0 Å². The first-order valence-electron chi connectivity index (χ1n) is 12.4. The Kier molecular flexibility index (Phi) is 6.58. The van der Waals surface area contributed by atoms with E-state index in [-0.39, 0.29) is 6.61 Å². The monoisotopic (exact) mass is 503 g/mol. The lowest BCUT2D eigenvalue weighted by Gasteiger charge is -2.30.